The van der Waals surface area contributed by atoms with Gasteiger partial charge in [-0.1, -0.05) is 73.3 Å². The Morgan fingerprint density at radius 1 is 0.833 bits per heavy atom. The van der Waals surface area contributed by atoms with Crippen LogP contribution in [0, 0.1) is 6.07 Å². The molecule has 0 heterocycles. The van der Waals surface area contributed by atoms with Gasteiger partial charge < -0.3 is 0 Å². The molecule has 0 aliphatic heterocycles. The zero-order chi connectivity index (χ0) is 12.4. The van der Waals surface area contributed by atoms with E-state index in [9.17, 15) is 0 Å². The van der Waals surface area contributed by atoms with Crippen molar-refractivity contribution < 1.29 is 0 Å². The molecule has 85 valence electrons. The predicted octanol–water partition coefficient (Wildman–Crippen LogP) is 4.70. The van der Waals surface area contributed by atoms with Crippen LogP contribution in [0.1, 0.15) is 11.1 Å². The summed E-state index contributed by atoms with van der Waals surface area (Å²) in [7, 11) is 0. The van der Waals surface area contributed by atoms with Crippen molar-refractivity contribution in [1.82, 2.24) is 0 Å². The van der Waals surface area contributed by atoms with E-state index in [4.69, 9.17) is 0 Å². The molecule has 0 fully saturated rings. The molecule has 0 bridgehead atoms. The van der Waals surface area contributed by atoms with E-state index >= 15 is 0 Å². The van der Waals surface area contributed by atoms with E-state index in [0.29, 0.717) is 0 Å². The summed E-state index contributed by atoms with van der Waals surface area (Å²) >= 11 is 0. The summed E-state index contributed by atoms with van der Waals surface area (Å²) in [6.07, 6.45) is 0. The van der Waals surface area contributed by atoms with Crippen LogP contribution in [0.4, 0.5) is 0 Å². The number of rotatable bonds is 2. The molecule has 0 spiro atoms. The Balaban J connectivity index is 2.18. The van der Waals surface area contributed by atoms with Gasteiger partial charge in [0.2, 0.25) is 0 Å². The second-order valence-electron chi connectivity index (χ2n) is 4.29. The molecule has 0 aromatic heterocycles. The molecule has 0 aliphatic rings. The molecule has 0 unspecified atom stereocenters. The highest BCUT2D eigenvalue weighted by atomic mass is 14.1. The Morgan fingerprint density at radius 2 is 1.56 bits per heavy atom. The molecule has 18 heavy (non-hydrogen) atoms. The standard InChI is InChI=1S/C18H13/c1-14(15-8-3-2-4-9-15)17-13-7-11-16-10-5-6-12-18(16)17/h3-13H,1H2. The normalized spacial score (nSPS) is 10.4. The first-order valence-electron chi connectivity index (χ1n) is 6.00. The maximum Gasteiger partial charge on any atom is -0.0105 e. The average Bonchev–Trinajstić information content (AvgIpc) is 2.47. The maximum absolute atomic E-state index is 4.23. The molecule has 0 N–H and O–H groups in total. The minimum Gasteiger partial charge on any atom is -0.0905 e. The lowest BCUT2D eigenvalue weighted by Crippen LogP contribution is -1.87. The number of hydrogen-bond donors (Lipinski definition) is 0. The van der Waals surface area contributed by atoms with Crippen LogP contribution >= 0.6 is 0 Å². The number of fused-ring (bicyclic) bond motifs is 1. The van der Waals surface area contributed by atoms with Gasteiger partial charge in [-0.3, -0.25) is 0 Å². The number of hydrogen-bond acceptors (Lipinski definition) is 0. The smallest absolute Gasteiger partial charge is 0.0105 e. The first-order chi connectivity index (χ1) is 8.86. The van der Waals surface area contributed by atoms with Crippen molar-refractivity contribution >= 4 is 16.3 Å². The molecular formula is C18H13. The lowest BCUT2D eigenvalue weighted by atomic mass is 9.95. The Bertz CT molecular complexity index is 688. The molecule has 0 heteroatoms. The van der Waals surface area contributed by atoms with Gasteiger partial charge in [0.15, 0.2) is 0 Å². The Labute approximate surface area is 107 Å². The lowest BCUT2D eigenvalue weighted by molar-refractivity contribution is 1.58. The minimum absolute atomic E-state index is 1.06. The topological polar surface area (TPSA) is 0 Å². The van der Waals surface area contributed by atoms with Crippen molar-refractivity contribution in [2.24, 2.45) is 0 Å². The van der Waals surface area contributed by atoms with Gasteiger partial charge in [0, 0.05) is 0 Å². The van der Waals surface area contributed by atoms with Crippen LogP contribution in [-0.4, -0.2) is 0 Å². The van der Waals surface area contributed by atoms with Crippen molar-refractivity contribution in [3.05, 3.63) is 90.5 Å². The highest BCUT2D eigenvalue weighted by molar-refractivity contribution is 5.97. The van der Waals surface area contributed by atoms with Crippen molar-refractivity contribution in [2.45, 2.75) is 0 Å². The van der Waals surface area contributed by atoms with Gasteiger partial charge in [-0.05, 0) is 33.5 Å². The third-order valence-corrected chi connectivity index (χ3v) is 3.18. The highest BCUT2D eigenvalue weighted by Gasteiger charge is 2.05. The molecule has 1 radical (unpaired) electrons. The van der Waals surface area contributed by atoms with Gasteiger partial charge in [-0.25, -0.2) is 0 Å². The van der Waals surface area contributed by atoms with Gasteiger partial charge in [-0.15, -0.1) is 0 Å². The molecule has 3 aromatic carbocycles. The summed E-state index contributed by atoms with van der Waals surface area (Å²) in [6.45, 7) is 4.23. The van der Waals surface area contributed by atoms with Crippen LogP contribution in [0.3, 0.4) is 0 Å². The average molecular weight is 229 g/mol. The molecular weight excluding hydrogens is 216 g/mol. The third kappa shape index (κ3) is 1.82. The molecule has 0 nitrogen and oxygen atoms in total. The fourth-order valence-corrected chi connectivity index (χ4v) is 2.23. The van der Waals surface area contributed by atoms with Crippen LogP contribution in [0.25, 0.3) is 16.3 Å². The van der Waals surface area contributed by atoms with E-state index in [0.717, 1.165) is 11.1 Å². The van der Waals surface area contributed by atoms with Gasteiger partial charge in [0.1, 0.15) is 0 Å². The van der Waals surface area contributed by atoms with Crippen LogP contribution < -0.4 is 0 Å². The summed E-state index contributed by atoms with van der Waals surface area (Å²) in [5, 5.41) is 2.50. The Kier molecular flexibility index (Phi) is 2.70. The van der Waals surface area contributed by atoms with Gasteiger partial charge in [0.25, 0.3) is 0 Å². The first kappa shape index (κ1) is 10.8. The monoisotopic (exact) mass is 229 g/mol. The van der Waals surface area contributed by atoms with Crippen molar-refractivity contribution in [2.75, 3.05) is 0 Å². The van der Waals surface area contributed by atoms with Gasteiger partial charge >= 0.3 is 0 Å². The van der Waals surface area contributed by atoms with Crippen LogP contribution in [0.15, 0.2) is 73.3 Å². The van der Waals surface area contributed by atoms with Crippen LogP contribution in [0.2, 0.25) is 0 Å². The summed E-state index contributed by atoms with van der Waals surface area (Å²) in [4.78, 5) is 0. The minimum atomic E-state index is 1.06. The molecule has 0 aliphatic carbocycles. The van der Waals surface area contributed by atoms with Crippen molar-refractivity contribution in [1.29, 1.82) is 0 Å². The fourth-order valence-electron chi connectivity index (χ4n) is 2.23. The first-order valence-corrected chi connectivity index (χ1v) is 6.00. The van der Waals surface area contributed by atoms with Crippen LogP contribution in [0.5, 0.6) is 0 Å². The van der Waals surface area contributed by atoms with E-state index in [1.807, 2.05) is 24.3 Å². The summed E-state index contributed by atoms with van der Waals surface area (Å²) in [6, 6.07) is 25.7. The zero-order valence-corrected chi connectivity index (χ0v) is 10.1. The van der Waals surface area contributed by atoms with Crippen molar-refractivity contribution in [3.8, 4) is 0 Å². The maximum atomic E-state index is 4.23. The highest BCUT2D eigenvalue weighted by Crippen LogP contribution is 2.28. The SMILES string of the molecule is C=C(c1cc[c]cc1)c1cccc2ccccc12. The number of benzene rings is 3. The summed E-state index contributed by atoms with van der Waals surface area (Å²) in [5.41, 5.74) is 3.39. The quantitative estimate of drug-likeness (QED) is 0.597. The second-order valence-corrected chi connectivity index (χ2v) is 4.29. The van der Waals surface area contributed by atoms with E-state index in [1.165, 1.54) is 16.3 Å². The summed E-state index contributed by atoms with van der Waals surface area (Å²) in [5.74, 6) is 0. The van der Waals surface area contributed by atoms with Gasteiger partial charge in [-0.2, -0.15) is 0 Å². The fraction of sp³-hybridized carbons (Fsp3) is 0. The van der Waals surface area contributed by atoms with Gasteiger partial charge in [0.05, 0.1) is 0 Å². The molecule has 0 atom stereocenters. The van der Waals surface area contributed by atoms with E-state index in [1.54, 1.807) is 0 Å². The molecule has 0 amide bonds. The Morgan fingerprint density at radius 3 is 2.39 bits per heavy atom. The van der Waals surface area contributed by atoms with E-state index in [-0.39, 0.29) is 0 Å². The largest absolute Gasteiger partial charge is 0.0905 e. The third-order valence-electron chi connectivity index (χ3n) is 3.18. The molecule has 0 saturated heterocycles. The van der Waals surface area contributed by atoms with E-state index in [2.05, 4.69) is 55.1 Å². The molecule has 3 aromatic rings. The van der Waals surface area contributed by atoms with E-state index < -0.39 is 0 Å². The second kappa shape index (κ2) is 4.50. The van der Waals surface area contributed by atoms with Crippen LogP contribution in [-0.2, 0) is 0 Å². The Hall–Kier alpha value is -2.34. The zero-order valence-electron chi connectivity index (χ0n) is 10.1. The lowest BCUT2D eigenvalue weighted by Gasteiger charge is -2.09. The van der Waals surface area contributed by atoms with Crippen molar-refractivity contribution in [3.63, 3.8) is 0 Å². The molecule has 0 saturated carbocycles. The molecule has 3 rings (SSSR count). The summed E-state index contributed by atoms with van der Waals surface area (Å²) < 4.78 is 0. The predicted molar refractivity (Wildman–Crippen MR) is 77.4 cm³/mol.